The third kappa shape index (κ3) is 3.60. The monoisotopic (exact) mass is 439 g/mol. The van der Waals surface area contributed by atoms with E-state index in [9.17, 15) is 9.59 Å². The molecule has 9 heteroatoms. The SMILES string of the molecule is CNC(=O)c1sc2ncccc2c1[C@@H]1CN(C(=O)c2ccc3c(c2)OCCO3)CCO1. The first-order valence-electron chi connectivity index (χ1n) is 10.1. The highest BCUT2D eigenvalue weighted by atomic mass is 32.1. The van der Waals surface area contributed by atoms with Crippen molar-refractivity contribution in [2.24, 2.45) is 0 Å². The number of amides is 2. The smallest absolute Gasteiger partial charge is 0.261 e. The van der Waals surface area contributed by atoms with Gasteiger partial charge in [-0.2, -0.15) is 0 Å². The Morgan fingerprint density at radius 3 is 2.84 bits per heavy atom. The molecule has 0 spiro atoms. The lowest BCUT2D eigenvalue weighted by molar-refractivity contribution is -0.0222. The van der Waals surface area contributed by atoms with Crippen LogP contribution in [0.5, 0.6) is 11.5 Å². The number of carbonyl (C=O) groups is 2. The van der Waals surface area contributed by atoms with Crippen molar-refractivity contribution in [3.8, 4) is 11.5 Å². The van der Waals surface area contributed by atoms with E-state index in [4.69, 9.17) is 14.2 Å². The van der Waals surface area contributed by atoms with Gasteiger partial charge in [-0.15, -0.1) is 11.3 Å². The molecule has 0 saturated carbocycles. The summed E-state index contributed by atoms with van der Waals surface area (Å²) in [6.45, 7) is 2.16. The van der Waals surface area contributed by atoms with Gasteiger partial charge in [0.15, 0.2) is 11.5 Å². The molecule has 3 aromatic rings. The van der Waals surface area contributed by atoms with Crippen LogP contribution in [0.1, 0.15) is 31.7 Å². The van der Waals surface area contributed by atoms with Crippen LogP contribution in [-0.2, 0) is 4.74 Å². The molecule has 1 atom stereocenters. The highest BCUT2D eigenvalue weighted by molar-refractivity contribution is 7.20. The molecule has 5 rings (SSSR count). The van der Waals surface area contributed by atoms with Crippen molar-refractivity contribution < 1.29 is 23.8 Å². The van der Waals surface area contributed by atoms with Crippen molar-refractivity contribution in [1.29, 1.82) is 0 Å². The number of ether oxygens (including phenoxy) is 3. The van der Waals surface area contributed by atoms with Gasteiger partial charge < -0.3 is 24.4 Å². The van der Waals surface area contributed by atoms with Gasteiger partial charge in [-0.3, -0.25) is 9.59 Å². The summed E-state index contributed by atoms with van der Waals surface area (Å²) in [6.07, 6.45) is 1.29. The average molecular weight is 439 g/mol. The van der Waals surface area contributed by atoms with Gasteiger partial charge in [0.1, 0.15) is 29.0 Å². The van der Waals surface area contributed by atoms with E-state index in [-0.39, 0.29) is 11.8 Å². The zero-order valence-electron chi connectivity index (χ0n) is 16.9. The summed E-state index contributed by atoms with van der Waals surface area (Å²) in [7, 11) is 1.60. The minimum absolute atomic E-state index is 0.107. The van der Waals surface area contributed by atoms with E-state index in [0.717, 1.165) is 15.8 Å². The average Bonchev–Trinajstić information content (AvgIpc) is 3.22. The van der Waals surface area contributed by atoms with E-state index in [1.807, 2.05) is 12.1 Å². The number of carbonyl (C=O) groups excluding carboxylic acids is 2. The standard InChI is InChI=1S/C22H21N3O5S/c1-23-20(26)19-18(14-3-2-6-24-21(14)31-19)17-12-25(7-8-28-17)22(27)13-4-5-15-16(11-13)30-10-9-29-15/h2-6,11,17H,7-10,12H2,1H3,(H,23,26)/t17-/m0/s1. The van der Waals surface area contributed by atoms with Gasteiger partial charge in [-0.1, -0.05) is 6.07 Å². The number of rotatable bonds is 3. The highest BCUT2D eigenvalue weighted by Gasteiger charge is 2.32. The molecule has 1 fully saturated rings. The van der Waals surface area contributed by atoms with E-state index in [2.05, 4.69) is 10.3 Å². The van der Waals surface area contributed by atoms with Crippen LogP contribution in [0.4, 0.5) is 0 Å². The second-order valence-electron chi connectivity index (χ2n) is 7.25. The lowest BCUT2D eigenvalue weighted by Crippen LogP contribution is -2.42. The molecule has 2 aliphatic rings. The minimum Gasteiger partial charge on any atom is -0.486 e. The summed E-state index contributed by atoms with van der Waals surface area (Å²) in [5.74, 6) is 0.940. The van der Waals surface area contributed by atoms with Crippen molar-refractivity contribution >= 4 is 33.4 Å². The van der Waals surface area contributed by atoms with Crippen LogP contribution in [0, 0.1) is 0 Å². The predicted octanol–water partition coefficient (Wildman–Crippen LogP) is 2.64. The largest absolute Gasteiger partial charge is 0.486 e. The van der Waals surface area contributed by atoms with Gasteiger partial charge in [-0.25, -0.2) is 4.98 Å². The normalized spacial score (nSPS) is 18.1. The molecule has 2 amide bonds. The molecule has 0 radical (unpaired) electrons. The van der Waals surface area contributed by atoms with Gasteiger partial charge >= 0.3 is 0 Å². The quantitative estimate of drug-likeness (QED) is 0.675. The number of aromatic nitrogens is 1. The maximum Gasteiger partial charge on any atom is 0.261 e. The van der Waals surface area contributed by atoms with Crippen LogP contribution < -0.4 is 14.8 Å². The van der Waals surface area contributed by atoms with E-state index >= 15 is 0 Å². The Hall–Kier alpha value is -3.17. The van der Waals surface area contributed by atoms with Gasteiger partial charge in [0, 0.05) is 36.3 Å². The first-order valence-corrected chi connectivity index (χ1v) is 10.9. The number of pyridine rings is 1. The fourth-order valence-corrected chi connectivity index (χ4v) is 5.06. The first-order chi connectivity index (χ1) is 15.2. The summed E-state index contributed by atoms with van der Waals surface area (Å²) in [5.41, 5.74) is 1.32. The fourth-order valence-electron chi connectivity index (χ4n) is 3.92. The summed E-state index contributed by atoms with van der Waals surface area (Å²) in [5, 5.41) is 3.57. The highest BCUT2D eigenvalue weighted by Crippen LogP contribution is 2.38. The number of morpholine rings is 1. The molecule has 0 bridgehead atoms. The number of nitrogens with one attached hydrogen (secondary N) is 1. The molecule has 1 N–H and O–H groups in total. The van der Waals surface area contributed by atoms with E-state index in [1.54, 1.807) is 36.3 Å². The Labute approximate surface area is 182 Å². The molecule has 0 aliphatic carbocycles. The lowest BCUT2D eigenvalue weighted by atomic mass is 10.0. The topological polar surface area (TPSA) is 90.0 Å². The third-order valence-electron chi connectivity index (χ3n) is 5.40. The van der Waals surface area contributed by atoms with Crippen molar-refractivity contribution in [3.63, 3.8) is 0 Å². The molecular formula is C22H21N3O5S. The van der Waals surface area contributed by atoms with Crippen LogP contribution in [-0.4, -0.2) is 61.7 Å². The van der Waals surface area contributed by atoms with E-state index < -0.39 is 6.10 Å². The second kappa shape index (κ2) is 8.16. The fraction of sp³-hybridized carbons (Fsp3) is 0.318. The molecule has 1 saturated heterocycles. The maximum atomic E-state index is 13.2. The Bertz CT molecular complexity index is 1160. The summed E-state index contributed by atoms with van der Waals surface area (Å²) in [4.78, 5) is 33.2. The minimum atomic E-state index is -0.417. The number of benzene rings is 1. The molecule has 0 unspecified atom stereocenters. The molecule has 31 heavy (non-hydrogen) atoms. The molecule has 4 heterocycles. The van der Waals surface area contributed by atoms with Crippen molar-refractivity contribution in [2.75, 3.05) is 40.0 Å². The number of nitrogens with zero attached hydrogens (tertiary/aromatic N) is 2. The Balaban J connectivity index is 1.45. The summed E-state index contributed by atoms with van der Waals surface area (Å²) < 4.78 is 17.2. The Morgan fingerprint density at radius 1 is 1.16 bits per heavy atom. The zero-order chi connectivity index (χ0) is 21.4. The van der Waals surface area contributed by atoms with E-state index in [1.165, 1.54) is 11.3 Å². The van der Waals surface area contributed by atoms with E-state index in [0.29, 0.717) is 54.8 Å². The molecule has 1 aromatic carbocycles. The van der Waals surface area contributed by atoms with Gasteiger partial charge in [-0.05, 0) is 24.3 Å². The van der Waals surface area contributed by atoms with Crippen LogP contribution in [0.3, 0.4) is 0 Å². The van der Waals surface area contributed by atoms with Crippen LogP contribution in [0.2, 0.25) is 0 Å². The zero-order valence-corrected chi connectivity index (χ0v) is 17.7. The molecule has 8 nitrogen and oxygen atoms in total. The first kappa shape index (κ1) is 19.8. The number of thiophene rings is 1. The number of hydrogen-bond donors (Lipinski definition) is 1. The predicted molar refractivity (Wildman–Crippen MR) is 115 cm³/mol. The molecule has 2 aromatic heterocycles. The van der Waals surface area contributed by atoms with Crippen molar-refractivity contribution in [3.05, 3.63) is 52.5 Å². The second-order valence-corrected chi connectivity index (χ2v) is 8.25. The Kier molecular flexibility index (Phi) is 5.21. The summed E-state index contributed by atoms with van der Waals surface area (Å²) in [6, 6.07) is 9.02. The number of fused-ring (bicyclic) bond motifs is 2. The van der Waals surface area contributed by atoms with Gasteiger partial charge in [0.25, 0.3) is 11.8 Å². The Morgan fingerprint density at radius 2 is 2.00 bits per heavy atom. The van der Waals surface area contributed by atoms with Gasteiger partial charge in [0.2, 0.25) is 0 Å². The van der Waals surface area contributed by atoms with Crippen molar-refractivity contribution in [2.45, 2.75) is 6.10 Å². The maximum absolute atomic E-state index is 13.2. The lowest BCUT2D eigenvalue weighted by Gasteiger charge is -2.33. The van der Waals surface area contributed by atoms with Crippen LogP contribution in [0.15, 0.2) is 36.5 Å². The van der Waals surface area contributed by atoms with Crippen molar-refractivity contribution in [1.82, 2.24) is 15.2 Å². The third-order valence-corrected chi connectivity index (χ3v) is 6.53. The summed E-state index contributed by atoms with van der Waals surface area (Å²) >= 11 is 1.33. The van der Waals surface area contributed by atoms with Crippen LogP contribution in [0.25, 0.3) is 10.2 Å². The molecular weight excluding hydrogens is 418 g/mol. The van der Waals surface area contributed by atoms with Crippen LogP contribution >= 0.6 is 11.3 Å². The van der Waals surface area contributed by atoms with Gasteiger partial charge in [0.05, 0.1) is 13.2 Å². The molecule has 160 valence electrons. The number of hydrogen-bond acceptors (Lipinski definition) is 7. The molecule has 2 aliphatic heterocycles.